The highest BCUT2D eigenvalue weighted by atomic mass is 16.4. The Kier molecular flexibility index (Phi) is 5.02. The van der Waals surface area contributed by atoms with Gasteiger partial charge in [-0.3, -0.25) is 9.69 Å². The Bertz CT molecular complexity index is 369. The summed E-state index contributed by atoms with van der Waals surface area (Å²) in [7, 11) is 0. The van der Waals surface area contributed by atoms with Crippen LogP contribution in [0.25, 0.3) is 0 Å². The number of hydrogen-bond donors (Lipinski definition) is 1. The van der Waals surface area contributed by atoms with E-state index in [1.54, 1.807) is 0 Å². The van der Waals surface area contributed by atoms with Gasteiger partial charge in [-0.25, -0.2) is 0 Å². The van der Waals surface area contributed by atoms with Crippen molar-refractivity contribution in [3.8, 4) is 0 Å². The van der Waals surface area contributed by atoms with E-state index in [4.69, 9.17) is 0 Å². The second-order valence-corrected chi connectivity index (χ2v) is 8.27. The van der Waals surface area contributed by atoms with Gasteiger partial charge >= 0.3 is 5.97 Å². The SMILES string of the molecule is CCC(C)(C)C1CCC(C(=O)O)C(N2CC(C)C(C)C2)C1. The number of aliphatic carboxylic acids is 1. The Morgan fingerprint density at radius 1 is 1.19 bits per heavy atom. The molecule has 2 fully saturated rings. The van der Waals surface area contributed by atoms with E-state index in [0.717, 1.165) is 32.4 Å². The lowest BCUT2D eigenvalue weighted by Gasteiger charge is -2.45. The Hall–Kier alpha value is -0.570. The molecule has 0 spiro atoms. The van der Waals surface area contributed by atoms with Crippen molar-refractivity contribution < 1.29 is 9.90 Å². The summed E-state index contributed by atoms with van der Waals surface area (Å²) in [5.41, 5.74) is 0.332. The third-order valence-corrected chi connectivity index (χ3v) is 6.64. The molecule has 5 unspecified atom stereocenters. The highest BCUT2D eigenvalue weighted by Crippen LogP contribution is 2.44. The molecule has 1 aliphatic heterocycles. The van der Waals surface area contributed by atoms with E-state index < -0.39 is 5.97 Å². The van der Waals surface area contributed by atoms with Crippen LogP contribution in [0, 0.1) is 29.1 Å². The molecule has 1 saturated heterocycles. The molecule has 21 heavy (non-hydrogen) atoms. The van der Waals surface area contributed by atoms with Crippen molar-refractivity contribution in [1.82, 2.24) is 4.90 Å². The van der Waals surface area contributed by atoms with Crippen LogP contribution in [0.4, 0.5) is 0 Å². The molecular formula is C18H33NO2. The van der Waals surface area contributed by atoms with Gasteiger partial charge in [0.05, 0.1) is 5.92 Å². The molecular weight excluding hydrogens is 262 g/mol. The summed E-state index contributed by atoms with van der Waals surface area (Å²) in [6.45, 7) is 13.7. The van der Waals surface area contributed by atoms with E-state index in [0.29, 0.717) is 23.2 Å². The largest absolute Gasteiger partial charge is 0.481 e. The standard InChI is InChI=1S/C18H33NO2/c1-6-18(4,5)14-7-8-15(17(20)21)16(9-14)19-10-12(2)13(3)11-19/h12-16H,6-11H2,1-5H3,(H,20,21). The van der Waals surface area contributed by atoms with E-state index in [-0.39, 0.29) is 12.0 Å². The van der Waals surface area contributed by atoms with Gasteiger partial charge in [0.1, 0.15) is 0 Å². The van der Waals surface area contributed by atoms with Gasteiger partial charge in [-0.1, -0.05) is 41.0 Å². The molecule has 1 heterocycles. The summed E-state index contributed by atoms with van der Waals surface area (Å²) in [6.07, 6.45) is 4.17. The average molecular weight is 295 g/mol. The molecule has 5 atom stereocenters. The monoisotopic (exact) mass is 295 g/mol. The maximum Gasteiger partial charge on any atom is 0.308 e. The second kappa shape index (κ2) is 6.28. The fourth-order valence-electron chi connectivity index (χ4n) is 4.28. The van der Waals surface area contributed by atoms with Crippen LogP contribution in [-0.2, 0) is 4.79 Å². The first kappa shape index (κ1) is 16.8. The molecule has 3 nitrogen and oxygen atoms in total. The number of carboxylic acid groups (broad SMARTS) is 1. The summed E-state index contributed by atoms with van der Waals surface area (Å²) in [4.78, 5) is 14.2. The number of carboxylic acids is 1. The molecule has 3 heteroatoms. The molecule has 0 bridgehead atoms. The van der Waals surface area contributed by atoms with Gasteiger partial charge in [0.2, 0.25) is 0 Å². The van der Waals surface area contributed by atoms with Gasteiger partial charge in [0.15, 0.2) is 0 Å². The highest BCUT2D eigenvalue weighted by Gasteiger charge is 2.44. The van der Waals surface area contributed by atoms with Crippen LogP contribution < -0.4 is 0 Å². The lowest BCUT2D eigenvalue weighted by molar-refractivity contribution is -0.146. The lowest BCUT2D eigenvalue weighted by atomic mass is 9.65. The summed E-state index contributed by atoms with van der Waals surface area (Å²) >= 11 is 0. The maximum absolute atomic E-state index is 11.7. The number of hydrogen-bond acceptors (Lipinski definition) is 2. The van der Waals surface area contributed by atoms with Crippen LogP contribution in [0.3, 0.4) is 0 Å². The third kappa shape index (κ3) is 3.44. The summed E-state index contributed by atoms with van der Waals surface area (Å²) in [5, 5.41) is 9.62. The summed E-state index contributed by atoms with van der Waals surface area (Å²) in [5.74, 6) is 1.30. The average Bonchev–Trinajstić information content (AvgIpc) is 2.77. The Morgan fingerprint density at radius 3 is 2.24 bits per heavy atom. The number of likely N-dealkylation sites (tertiary alicyclic amines) is 1. The number of rotatable bonds is 4. The van der Waals surface area contributed by atoms with E-state index in [1.165, 1.54) is 6.42 Å². The number of nitrogens with zero attached hydrogens (tertiary/aromatic N) is 1. The normalized spacial score (nSPS) is 38.6. The van der Waals surface area contributed by atoms with Crippen LogP contribution in [0.15, 0.2) is 0 Å². The van der Waals surface area contributed by atoms with E-state index in [2.05, 4.69) is 39.5 Å². The summed E-state index contributed by atoms with van der Waals surface area (Å²) in [6, 6.07) is 0.250. The van der Waals surface area contributed by atoms with E-state index in [9.17, 15) is 9.90 Å². The first-order chi connectivity index (χ1) is 9.76. The van der Waals surface area contributed by atoms with Crippen molar-refractivity contribution in [1.29, 1.82) is 0 Å². The fourth-order valence-corrected chi connectivity index (χ4v) is 4.28. The molecule has 0 aromatic heterocycles. The Morgan fingerprint density at radius 2 is 1.76 bits per heavy atom. The van der Waals surface area contributed by atoms with Crippen molar-refractivity contribution in [2.24, 2.45) is 29.1 Å². The minimum absolute atomic E-state index is 0.161. The van der Waals surface area contributed by atoms with Crippen molar-refractivity contribution in [3.05, 3.63) is 0 Å². The molecule has 2 aliphatic rings. The van der Waals surface area contributed by atoms with E-state index >= 15 is 0 Å². The molecule has 1 aliphatic carbocycles. The van der Waals surface area contributed by atoms with Gasteiger partial charge in [-0.2, -0.15) is 0 Å². The van der Waals surface area contributed by atoms with Crippen molar-refractivity contribution in [2.75, 3.05) is 13.1 Å². The minimum atomic E-state index is -0.583. The quantitative estimate of drug-likeness (QED) is 0.855. The molecule has 0 amide bonds. The van der Waals surface area contributed by atoms with Gasteiger partial charge < -0.3 is 5.11 Å². The highest BCUT2D eigenvalue weighted by molar-refractivity contribution is 5.71. The van der Waals surface area contributed by atoms with Crippen LogP contribution >= 0.6 is 0 Å². The predicted molar refractivity (Wildman–Crippen MR) is 86.2 cm³/mol. The molecule has 1 N–H and O–H groups in total. The summed E-state index contributed by atoms with van der Waals surface area (Å²) < 4.78 is 0. The molecule has 0 radical (unpaired) electrons. The maximum atomic E-state index is 11.7. The van der Waals surface area contributed by atoms with Crippen LogP contribution in [0.5, 0.6) is 0 Å². The molecule has 0 aromatic carbocycles. The van der Waals surface area contributed by atoms with Gasteiger partial charge in [0, 0.05) is 19.1 Å². The minimum Gasteiger partial charge on any atom is -0.481 e. The lowest BCUT2D eigenvalue weighted by Crippen LogP contribution is -2.48. The Labute approximate surface area is 130 Å². The first-order valence-electron chi connectivity index (χ1n) is 8.73. The van der Waals surface area contributed by atoms with Gasteiger partial charge in [0.25, 0.3) is 0 Å². The fraction of sp³-hybridized carbons (Fsp3) is 0.944. The molecule has 2 rings (SSSR count). The van der Waals surface area contributed by atoms with Crippen molar-refractivity contribution in [3.63, 3.8) is 0 Å². The second-order valence-electron chi connectivity index (χ2n) is 8.27. The smallest absolute Gasteiger partial charge is 0.308 e. The molecule has 1 saturated carbocycles. The predicted octanol–water partition coefficient (Wildman–Crippen LogP) is 3.88. The zero-order chi connectivity index (χ0) is 15.8. The topological polar surface area (TPSA) is 40.5 Å². The molecule has 122 valence electrons. The van der Waals surface area contributed by atoms with Crippen molar-refractivity contribution in [2.45, 2.75) is 66.3 Å². The van der Waals surface area contributed by atoms with Crippen LogP contribution in [0.1, 0.15) is 60.3 Å². The van der Waals surface area contributed by atoms with Crippen LogP contribution in [0.2, 0.25) is 0 Å². The third-order valence-electron chi connectivity index (χ3n) is 6.64. The number of carbonyl (C=O) groups is 1. The Balaban J connectivity index is 2.14. The van der Waals surface area contributed by atoms with Gasteiger partial charge in [-0.15, -0.1) is 0 Å². The zero-order valence-electron chi connectivity index (χ0n) is 14.4. The first-order valence-corrected chi connectivity index (χ1v) is 8.73. The van der Waals surface area contributed by atoms with Crippen molar-refractivity contribution >= 4 is 5.97 Å². The van der Waals surface area contributed by atoms with E-state index in [1.807, 2.05) is 0 Å². The van der Waals surface area contributed by atoms with Gasteiger partial charge in [-0.05, 0) is 42.4 Å². The zero-order valence-corrected chi connectivity index (χ0v) is 14.4. The van der Waals surface area contributed by atoms with Crippen LogP contribution in [-0.4, -0.2) is 35.1 Å². The molecule has 0 aromatic rings.